The molecule has 1 aromatic rings. The lowest BCUT2D eigenvalue weighted by molar-refractivity contribution is 0.0487. The molecule has 0 aliphatic heterocycles. The summed E-state index contributed by atoms with van der Waals surface area (Å²) in [5.74, 6) is -1.68. The zero-order valence-corrected chi connectivity index (χ0v) is 14.5. The molecular formula is C20H28O4. The molecule has 132 valence electrons. The molecule has 0 saturated carbocycles. The molecule has 1 rings (SSSR count). The van der Waals surface area contributed by atoms with Crippen LogP contribution in [0.25, 0.3) is 0 Å². The molecule has 0 saturated heterocycles. The highest BCUT2D eigenvalue weighted by Crippen LogP contribution is 2.11. The van der Waals surface area contributed by atoms with Crippen molar-refractivity contribution in [3.63, 3.8) is 0 Å². The van der Waals surface area contributed by atoms with Gasteiger partial charge in [-0.1, -0.05) is 44.1 Å². The van der Waals surface area contributed by atoms with Gasteiger partial charge in [0, 0.05) is 0 Å². The number of allylic oxidation sites excluding steroid dienone is 2. The first-order chi connectivity index (χ1) is 11.7. The van der Waals surface area contributed by atoms with Crippen molar-refractivity contribution in [3.8, 4) is 0 Å². The van der Waals surface area contributed by atoms with Crippen LogP contribution in [0, 0.1) is 0 Å². The molecular weight excluding hydrogens is 304 g/mol. The predicted molar refractivity (Wildman–Crippen MR) is 95.4 cm³/mol. The van der Waals surface area contributed by atoms with Gasteiger partial charge in [-0.2, -0.15) is 0 Å². The Bertz CT molecular complexity index is 534. The first kappa shape index (κ1) is 19.9. The smallest absolute Gasteiger partial charge is 0.339 e. The number of carbonyl (C=O) groups excluding carboxylic acids is 1. The monoisotopic (exact) mass is 332 g/mol. The molecule has 0 unspecified atom stereocenters. The summed E-state index contributed by atoms with van der Waals surface area (Å²) in [6.07, 6.45) is 13.4. The Hall–Kier alpha value is -2.10. The molecule has 24 heavy (non-hydrogen) atoms. The topological polar surface area (TPSA) is 63.6 Å². The van der Waals surface area contributed by atoms with E-state index in [1.807, 2.05) is 0 Å². The van der Waals surface area contributed by atoms with Crippen LogP contribution in [0.5, 0.6) is 0 Å². The lowest BCUT2D eigenvalue weighted by atomic mass is 10.1. The highest BCUT2D eigenvalue weighted by molar-refractivity contribution is 6.02. The fourth-order valence-corrected chi connectivity index (χ4v) is 2.38. The van der Waals surface area contributed by atoms with Gasteiger partial charge in [-0.15, -0.1) is 0 Å². The molecule has 0 aromatic heterocycles. The number of benzene rings is 1. The van der Waals surface area contributed by atoms with Crippen molar-refractivity contribution in [1.82, 2.24) is 0 Å². The summed E-state index contributed by atoms with van der Waals surface area (Å²) < 4.78 is 5.17. The minimum atomic E-state index is -1.12. The largest absolute Gasteiger partial charge is 0.478 e. The fourth-order valence-electron chi connectivity index (χ4n) is 2.38. The van der Waals surface area contributed by atoms with Gasteiger partial charge in [0.2, 0.25) is 0 Å². The Morgan fingerprint density at radius 1 is 0.958 bits per heavy atom. The number of carboxylic acid groups (broad SMARTS) is 1. The van der Waals surface area contributed by atoms with E-state index in [0.29, 0.717) is 6.61 Å². The molecule has 1 aromatic carbocycles. The Morgan fingerprint density at radius 3 is 2.21 bits per heavy atom. The van der Waals surface area contributed by atoms with Gasteiger partial charge < -0.3 is 9.84 Å². The summed E-state index contributed by atoms with van der Waals surface area (Å²) in [6.45, 7) is 2.53. The lowest BCUT2D eigenvalue weighted by Gasteiger charge is -2.06. The zero-order chi connectivity index (χ0) is 17.6. The second kappa shape index (κ2) is 12.3. The maximum Gasteiger partial charge on any atom is 0.339 e. The van der Waals surface area contributed by atoms with Crippen molar-refractivity contribution in [2.24, 2.45) is 0 Å². The number of hydrogen-bond acceptors (Lipinski definition) is 3. The van der Waals surface area contributed by atoms with Crippen LogP contribution >= 0.6 is 0 Å². The van der Waals surface area contributed by atoms with Gasteiger partial charge in [0.15, 0.2) is 0 Å². The molecule has 0 aliphatic rings. The summed E-state index contributed by atoms with van der Waals surface area (Å²) >= 11 is 0. The molecule has 4 heteroatoms. The highest BCUT2D eigenvalue weighted by Gasteiger charge is 2.16. The average molecular weight is 332 g/mol. The summed E-state index contributed by atoms with van der Waals surface area (Å²) in [5.41, 5.74) is 0.0933. The number of aromatic carboxylic acids is 1. The van der Waals surface area contributed by atoms with Crippen LogP contribution in [0.1, 0.15) is 79.0 Å². The Labute approximate surface area is 144 Å². The van der Waals surface area contributed by atoms with Crippen LogP contribution in [0.15, 0.2) is 36.4 Å². The van der Waals surface area contributed by atoms with Crippen LogP contribution in [0.4, 0.5) is 0 Å². The zero-order valence-electron chi connectivity index (χ0n) is 14.5. The Kier molecular flexibility index (Phi) is 10.3. The normalized spacial score (nSPS) is 10.9. The number of carboxylic acids is 1. The fraction of sp³-hybridized carbons (Fsp3) is 0.500. The van der Waals surface area contributed by atoms with E-state index in [-0.39, 0.29) is 11.1 Å². The molecule has 0 aliphatic carbocycles. The molecule has 0 fully saturated rings. The number of carbonyl (C=O) groups is 2. The number of ether oxygens (including phenoxy) is 1. The van der Waals surface area contributed by atoms with Crippen LogP contribution in [-0.2, 0) is 4.74 Å². The molecule has 1 N–H and O–H groups in total. The molecule has 0 spiro atoms. The van der Waals surface area contributed by atoms with Crippen LogP contribution in [0.3, 0.4) is 0 Å². The van der Waals surface area contributed by atoms with E-state index in [1.54, 1.807) is 12.1 Å². The second-order valence-electron chi connectivity index (χ2n) is 5.80. The number of unbranched alkanes of at least 4 members (excludes halogenated alkanes) is 6. The first-order valence-electron chi connectivity index (χ1n) is 8.81. The van der Waals surface area contributed by atoms with Gasteiger partial charge in [0.1, 0.15) is 0 Å². The van der Waals surface area contributed by atoms with Gasteiger partial charge in [0.05, 0.1) is 17.7 Å². The van der Waals surface area contributed by atoms with Crippen molar-refractivity contribution in [1.29, 1.82) is 0 Å². The van der Waals surface area contributed by atoms with Gasteiger partial charge in [-0.25, -0.2) is 9.59 Å². The first-order valence-corrected chi connectivity index (χ1v) is 8.81. The molecule has 0 heterocycles. The van der Waals surface area contributed by atoms with Crippen molar-refractivity contribution < 1.29 is 19.4 Å². The minimum Gasteiger partial charge on any atom is -0.478 e. The van der Waals surface area contributed by atoms with E-state index >= 15 is 0 Å². The van der Waals surface area contributed by atoms with Gasteiger partial charge in [-0.05, 0) is 50.7 Å². The Balaban J connectivity index is 2.15. The third-order valence-corrected chi connectivity index (χ3v) is 3.77. The molecule has 4 nitrogen and oxygen atoms in total. The van der Waals surface area contributed by atoms with Gasteiger partial charge in [-0.3, -0.25) is 0 Å². The predicted octanol–water partition coefficient (Wildman–Crippen LogP) is 5.24. The van der Waals surface area contributed by atoms with E-state index in [1.165, 1.54) is 31.4 Å². The van der Waals surface area contributed by atoms with Crippen molar-refractivity contribution in [2.45, 2.75) is 58.3 Å². The van der Waals surface area contributed by atoms with E-state index in [4.69, 9.17) is 9.84 Å². The van der Waals surface area contributed by atoms with Crippen LogP contribution in [-0.4, -0.2) is 23.7 Å². The molecule has 0 radical (unpaired) electrons. The Morgan fingerprint density at radius 2 is 1.58 bits per heavy atom. The van der Waals surface area contributed by atoms with Crippen LogP contribution in [0.2, 0.25) is 0 Å². The van der Waals surface area contributed by atoms with Gasteiger partial charge >= 0.3 is 11.9 Å². The maximum atomic E-state index is 11.9. The highest BCUT2D eigenvalue weighted by atomic mass is 16.5. The number of hydrogen-bond donors (Lipinski definition) is 1. The van der Waals surface area contributed by atoms with Crippen molar-refractivity contribution in [2.75, 3.05) is 6.61 Å². The molecule has 0 amide bonds. The van der Waals surface area contributed by atoms with E-state index in [9.17, 15) is 9.59 Å². The summed E-state index contributed by atoms with van der Waals surface area (Å²) in [5, 5.41) is 9.06. The third kappa shape index (κ3) is 7.95. The summed E-state index contributed by atoms with van der Waals surface area (Å²) in [7, 11) is 0. The lowest BCUT2D eigenvalue weighted by Crippen LogP contribution is -2.12. The third-order valence-electron chi connectivity index (χ3n) is 3.77. The SMILES string of the molecule is CCCCC/C=C/CCCCCOC(=O)c1ccccc1C(=O)O. The number of rotatable bonds is 12. The van der Waals surface area contributed by atoms with Crippen LogP contribution < -0.4 is 0 Å². The molecule has 0 bridgehead atoms. The average Bonchev–Trinajstić information content (AvgIpc) is 2.59. The maximum absolute atomic E-state index is 11.9. The van der Waals surface area contributed by atoms with E-state index in [0.717, 1.165) is 32.1 Å². The minimum absolute atomic E-state index is 0.0179. The standard InChI is InChI=1S/C20H28O4/c1-2-3-4-5-6-7-8-9-10-13-16-24-20(23)18-15-12-11-14-17(18)19(21)22/h6-7,11-12,14-15H,2-5,8-10,13,16H2,1H3,(H,21,22)/b7-6+. The van der Waals surface area contributed by atoms with Crippen molar-refractivity contribution >= 4 is 11.9 Å². The van der Waals surface area contributed by atoms with E-state index < -0.39 is 11.9 Å². The van der Waals surface area contributed by atoms with Gasteiger partial charge in [0.25, 0.3) is 0 Å². The second-order valence-corrected chi connectivity index (χ2v) is 5.80. The van der Waals surface area contributed by atoms with E-state index in [2.05, 4.69) is 19.1 Å². The quantitative estimate of drug-likeness (QED) is 0.323. The van der Waals surface area contributed by atoms with Crippen molar-refractivity contribution in [3.05, 3.63) is 47.5 Å². The number of esters is 1. The molecule has 0 atom stereocenters. The summed E-state index contributed by atoms with van der Waals surface area (Å²) in [6, 6.07) is 6.12. The summed E-state index contributed by atoms with van der Waals surface area (Å²) in [4.78, 5) is 23.0.